The lowest BCUT2D eigenvalue weighted by molar-refractivity contribution is 0.582. The molecule has 3 heteroatoms. The molecule has 0 bridgehead atoms. The monoisotopic (exact) mass is 560 g/mol. The molecule has 1 aliphatic carbocycles. The smallest absolute Gasteiger partial charge is 0.126 e. The molecule has 0 amide bonds. The van der Waals surface area contributed by atoms with E-state index in [1.807, 2.05) is 72.8 Å². The van der Waals surface area contributed by atoms with Gasteiger partial charge in [0.25, 0.3) is 0 Å². The van der Waals surface area contributed by atoms with E-state index in [-0.39, 0.29) is 0 Å². The quantitative estimate of drug-likeness (QED) is 0.187. The van der Waals surface area contributed by atoms with Crippen molar-refractivity contribution in [2.75, 3.05) is 0 Å². The maximum Gasteiger partial charge on any atom is 0.126 e. The molecule has 1 atom stereocenters. The number of halogens is 3. The molecule has 0 saturated heterocycles. The van der Waals surface area contributed by atoms with Gasteiger partial charge in [-0.05, 0) is 62.2 Å². The highest BCUT2D eigenvalue weighted by Gasteiger charge is 2.48. The highest BCUT2D eigenvalue weighted by molar-refractivity contribution is 9.10. The summed E-state index contributed by atoms with van der Waals surface area (Å²) >= 11 is 4.22. The largest absolute Gasteiger partial charge is 0.207 e. The van der Waals surface area contributed by atoms with Crippen LogP contribution in [-0.4, -0.2) is 0 Å². The molecule has 0 N–H and O–H groups in total. The molecule has 0 radical (unpaired) electrons. The minimum atomic E-state index is -0.897. The fraction of sp³-hybridized carbons (Fsp3) is 0.0286. The lowest BCUT2D eigenvalue weighted by atomic mass is 9.80. The van der Waals surface area contributed by atoms with Crippen molar-refractivity contribution in [1.29, 1.82) is 0 Å². The van der Waals surface area contributed by atoms with Crippen LogP contribution in [0.4, 0.5) is 8.78 Å². The lowest BCUT2D eigenvalue weighted by Crippen LogP contribution is -2.20. The molecule has 1 aliphatic rings. The van der Waals surface area contributed by atoms with E-state index in [0.717, 1.165) is 50.6 Å². The van der Waals surface area contributed by atoms with E-state index in [2.05, 4.69) is 64.5 Å². The number of rotatable bonds is 5. The van der Waals surface area contributed by atoms with E-state index in [4.69, 9.17) is 0 Å². The van der Waals surface area contributed by atoms with Crippen LogP contribution in [-0.2, 0) is 4.32 Å². The predicted octanol–water partition coefficient (Wildman–Crippen LogP) is 9.79. The standard InChI is InChI=1S/C35H23BrF2/c36-35(28-19-11-4-12-20-28)33(26-17-9-3-10-18-26)31(24-13-5-1-6-14-24)32(25-15-7-2-8-16-25)34(35)27-21-29(37)23-30(38)22-27/h1-23H. The zero-order chi connectivity index (χ0) is 26.1. The number of hydrogen-bond acceptors (Lipinski definition) is 0. The van der Waals surface area contributed by atoms with Crippen LogP contribution in [0.2, 0.25) is 0 Å². The van der Waals surface area contributed by atoms with Crippen molar-refractivity contribution in [3.05, 3.63) is 179 Å². The predicted molar refractivity (Wildman–Crippen MR) is 156 cm³/mol. The van der Waals surface area contributed by atoms with Gasteiger partial charge >= 0.3 is 0 Å². The Labute approximate surface area is 229 Å². The van der Waals surface area contributed by atoms with Crippen LogP contribution in [0.1, 0.15) is 27.8 Å². The normalized spacial score (nSPS) is 17.2. The van der Waals surface area contributed by atoms with Gasteiger partial charge in [-0.3, -0.25) is 0 Å². The second kappa shape index (κ2) is 10.00. The van der Waals surface area contributed by atoms with Gasteiger partial charge in [0.2, 0.25) is 0 Å². The van der Waals surface area contributed by atoms with E-state index in [1.165, 1.54) is 12.1 Å². The summed E-state index contributed by atoms with van der Waals surface area (Å²) in [5, 5.41) is 0. The first-order valence-corrected chi connectivity index (χ1v) is 13.2. The maximum atomic E-state index is 14.8. The molecule has 5 aromatic carbocycles. The topological polar surface area (TPSA) is 0 Å². The Bertz CT molecular complexity index is 1640. The maximum absolute atomic E-state index is 14.8. The van der Waals surface area contributed by atoms with Gasteiger partial charge in [0.15, 0.2) is 0 Å². The molecule has 0 nitrogen and oxygen atoms in total. The minimum Gasteiger partial charge on any atom is -0.207 e. The molecular weight excluding hydrogens is 538 g/mol. The third-order valence-electron chi connectivity index (χ3n) is 6.95. The lowest BCUT2D eigenvalue weighted by Gasteiger charge is -2.32. The molecule has 0 saturated carbocycles. The zero-order valence-corrected chi connectivity index (χ0v) is 22.0. The molecule has 5 aromatic rings. The molecule has 38 heavy (non-hydrogen) atoms. The SMILES string of the molecule is Fc1cc(F)cc(C2=C(c3ccccc3)C(c3ccccc3)=C(c3ccccc3)C2(Br)c2ccccc2)c1. The van der Waals surface area contributed by atoms with Crippen molar-refractivity contribution in [3.8, 4) is 0 Å². The summed E-state index contributed by atoms with van der Waals surface area (Å²) in [4.78, 5) is 0. The van der Waals surface area contributed by atoms with Gasteiger partial charge in [-0.1, -0.05) is 137 Å². The minimum absolute atomic E-state index is 0.487. The van der Waals surface area contributed by atoms with Crippen LogP contribution < -0.4 is 0 Å². The average Bonchev–Trinajstić information content (AvgIpc) is 3.24. The summed E-state index contributed by atoms with van der Waals surface area (Å²) in [6, 6.07) is 44.4. The second-order valence-electron chi connectivity index (χ2n) is 9.28. The van der Waals surface area contributed by atoms with E-state index < -0.39 is 16.0 Å². The van der Waals surface area contributed by atoms with E-state index in [0.29, 0.717) is 5.56 Å². The van der Waals surface area contributed by atoms with Crippen molar-refractivity contribution >= 4 is 38.2 Å². The molecular formula is C35H23BrF2. The fourth-order valence-corrected chi connectivity index (χ4v) is 6.57. The molecule has 0 spiro atoms. The van der Waals surface area contributed by atoms with Gasteiger partial charge in [0, 0.05) is 6.07 Å². The van der Waals surface area contributed by atoms with Crippen LogP contribution >= 0.6 is 15.9 Å². The average molecular weight is 561 g/mol. The van der Waals surface area contributed by atoms with Gasteiger partial charge < -0.3 is 0 Å². The number of alkyl halides is 1. The van der Waals surface area contributed by atoms with Crippen LogP contribution in [0.15, 0.2) is 140 Å². The molecule has 0 aliphatic heterocycles. The summed E-state index contributed by atoms with van der Waals surface area (Å²) < 4.78 is 28.7. The van der Waals surface area contributed by atoms with Crippen molar-refractivity contribution in [3.63, 3.8) is 0 Å². The summed E-state index contributed by atoms with van der Waals surface area (Å²) in [6.07, 6.45) is 0. The Morgan fingerprint density at radius 2 is 0.789 bits per heavy atom. The summed E-state index contributed by atoms with van der Waals surface area (Å²) in [6.45, 7) is 0. The third-order valence-corrected chi connectivity index (χ3v) is 8.20. The van der Waals surface area contributed by atoms with E-state index in [9.17, 15) is 8.78 Å². The van der Waals surface area contributed by atoms with E-state index in [1.54, 1.807) is 0 Å². The van der Waals surface area contributed by atoms with Crippen molar-refractivity contribution in [2.45, 2.75) is 4.32 Å². The first-order valence-electron chi connectivity index (χ1n) is 12.4. The summed E-state index contributed by atoms with van der Waals surface area (Å²) in [5.41, 5.74) is 8.24. The highest BCUT2D eigenvalue weighted by Crippen LogP contribution is 2.65. The van der Waals surface area contributed by atoms with Crippen LogP contribution in [0.25, 0.3) is 22.3 Å². The van der Waals surface area contributed by atoms with Crippen molar-refractivity contribution in [1.82, 2.24) is 0 Å². The first-order chi connectivity index (χ1) is 18.6. The van der Waals surface area contributed by atoms with Gasteiger partial charge in [-0.25, -0.2) is 8.78 Å². The summed E-state index contributed by atoms with van der Waals surface area (Å²) in [5.74, 6) is -1.23. The molecule has 1 unspecified atom stereocenters. The Balaban J connectivity index is 1.84. The van der Waals surface area contributed by atoms with Gasteiger partial charge in [-0.15, -0.1) is 0 Å². The fourth-order valence-electron chi connectivity index (χ4n) is 5.45. The number of hydrogen-bond donors (Lipinski definition) is 0. The Morgan fingerprint density at radius 1 is 0.421 bits per heavy atom. The first kappa shape index (κ1) is 24.3. The highest BCUT2D eigenvalue weighted by atomic mass is 79.9. The molecule has 184 valence electrons. The van der Waals surface area contributed by atoms with Crippen molar-refractivity contribution in [2.24, 2.45) is 0 Å². The third kappa shape index (κ3) is 4.13. The summed E-state index contributed by atoms with van der Waals surface area (Å²) in [7, 11) is 0. The number of benzene rings is 5. The number of allylic oxidation sites excluding steroid dienone is 4. The molecule has 0 heterocycles. The van der Waals surface area contributed by atoms with Crippen LogP contribution in [0, 0.1) is 11.6 Å². The Morgan fingerprint density at radius 3 is 1.24 bits per heavy atom. The zero-order valence-electron chi connectivity index (χ0n) is 20.4. The van der Waals surface area contributed by atoms with Crippen LogP contribution in [0.5, 0.6) is 0 Å². The van der Waals surface area contributed by atoms with Gasteiger partial charge in [0.1, 0.15) is 16.0 Å². The molecule has 6 rings (SSSR count). The van der Waals surface area contributed by atoms with Gasteiger partial charge in [-0.2, -0.15) is 0 Å². The van der Waals surface area contributed by atoms with Crippen molar-refractivity contribution < 1.29 is 8.78 Å². The van der Waals surface area contributed by atoms with E-state index >= 15 is 0 Å². The second-order valence-corrected chi connectivity index (χ2v) is 10.5. The molecule has 0 fully saturated rings. The van der Waals surface area contributed by atoms with Gasteiger partial charge in [0.05, 0.1) is 0 Å². The van der Waals surface area contributed by atoms with Crippen LogP contribution in [0.3, 0.4) is 0 Å². The Hall–Kier alpha value is -4.08. The Kier molecular flexibility index (Phi) is 6.39. The molecule has 0 aromatic heterocycles.